The lowest BCUT2D eigenvalue weighted by Gasteiger charge is -2.11. The number of nitrogens with zero attached hydrogens (tertiary/aromatic N) is 2. The van der Waals surface area contributed by atoms with Crippen molar-refractivity contribution in [3.63, 3.8) is 0 Å². The summed E-state index contributed by atoms with van der Waals surface area (Å²) in [7, 11) is 1.67. The summed E-state index contributed by atoms with van der Waals surface area (Å²) in [5.41, 5.74) is 5.28. The van der Waals surface area contributed by atoms with E-state index in [-0.39, 0.29) is 5.91 Å². The van der Waals surface area contributed by atoms with E-state index in [0.29, 0.717) is 19.4 Å². The molecule has 140 valence electrons. The van der Waals surface area contributed by atoms with E-state index in [9.17, 15) is 4.79 Å². The molecular weight excluding hydrogens is 346 g/mol. The van der Waals surface area contributed by atoms with E-state index < -0.39 is 0 Å². The predicted octanol–water partition coefficient (Wildman–Crippen LogP) is 3.42. The van der Waals surface area contributed by atoms with Gasteiger partial charge in [-0.2, -0.15) is 0 Å². The van der Waals surface area contributed by atoms with Crippen molar-refractivity contribution < 1.29 is 9.53 Å². The smallest absolute Gasteiger partial charge is 0.220 e. The highest BCUT2D eigenvalue weighted by atomic mass is 32.2. The Morgan fingerprint density at radius 2 is 1.85 bits per heavy atom. The number of nitrogens with one attached hydrogen (secondary N) is 1. The van der Waals surface area contributed by atoms with Crippen LogP contribution in [0.1, 0.15) is 34.5 Å². The number of thioether (sulfide) groups is 1. The lowest BCUT2D eigenvalue weighted by molar-refractivity contribution is -0.121. The molecule has 2 rings (SSSR count). The summed E-state index contributed by atoms with van der Waals surface area (Å²) < 4.78 is 5.38. The summed E-state index contributed by atoms with van der Waals surface area (Å²) in [6.45, 7) is 6.60. The van der Waals surface area contributed by atoms with Gasteiger partial charge >= 0.3 is 0 Å². The molecule has 0 fully saturated rings. The van der Waals surface area contributed by atoms with E-state index in [1.54, 1.807) is 7.11 Å². The summed E-state index contributed by atoms with van der Waals surface area (Å²) >= 11 is 1.53. The minimum absolute atomic E-state index is 0.0457. The lowest BCUT2D eigenvalue weighted by Crippen LogP contribution is -2.26. The van der Waals surface area contributed by atoms with Crippen molar-refractivity contribution >= 4 is 17.7 Å². The first-order valence-electron chi connectivity index (χ1n) is 8.73. The largest absolute Gasteiger partial charge is 0.496 e. The van der Waals surface area contributed by atoms with Crippen molar-refractivity contribution in [1.29, 1.82) is 0 Å². The predicted molar refractivity (Wildman–Crippen MR) is 106 cm³/mol. The van der Waals surface area contributed by atoms with Crippen molar-refractivity contribution in [2.75, 3.05) is 19.9 Å². The fourth-order valence-electron chi connectivity index (χ4n) is 2.93. The molecule has 5 nitrogen and oxygen atoms in total. The molecule has 1 heterocycles. The van der Waals surface area contributed by atoms with E-state index in [2.05, 4.69) is 28.3 Å². The molecule has 0 spiro atoms. The van der Waals surface area contributed by atoms with Gasteiger partial charge in [-0.25, -0.2) is 9.97 Å². The monoisotopic (exact) mass is 373 g/mol. The number of hydrogen-bond acceptors (Lipinski definition) is 5. The van der Waals surface area contributed by atoms with Crippen molar-refractivity contribution in [3.8, 4) is 5.75 Å². The Balaban J connectivity index is 1.86. The molecule has 1 aromatic heterocycles. The summed E-state index contributed by atoms with van der Waals surface area (Å²) in [5.74, 6) is 0.909. The van der Waals surface area contributed by atoms with Crippen LogP contribution in [-0.4, -0.2) is 35.8 Å². The summed E-state index contributed by atoms with van der Waals surface area (Å²) in [6, 6.07) is 6.09. The van der Waals surface area contributed by atoms with Crippen LogP contribution in [0.25, 0.3) is 0 Å². The Hall–Kier alpha value is -2.08. The first-order valence-corrected chi connectivity index (χ1v) is 9.95. The number of carbonyl (C=O) groups is 1. The zero-order valence-electron chi connectivity index (χ0n) is 16.2. The van der Waals surface area contributed by atoms with Crippen LogP contribution >= 0.6 is 11.8 Å². The Morgan fingerprint density at radius 1 is 1.15 bits per heavy atom. The second kappa shape index (κ2) is 9.57. The maximum Gasteiger partial charge on any atom is 0.220 e. The second-order valence-electron chi connectivity index (χ2n) is 6.27. The zero-order chi connectivity index (χ0) is 19.1. The number of hydrogen-bond donors (Lipinski definition) is 1. The lowest BCUT2D eigenvalue weighted by atomic mass is 10.1. The summed E-state index contributed by atoms with van der Waals surface area (Å²) in [6.07, 6.45) is 3.81. The maximum atomic E-state index is 12.2. The quantitative estimate of drug-likeness (QED) is 0.567. The first kappa shape index (κ1) is 20.2. The van der Waals surface area contributed by atoms with Crippen LogP contribution in [0.2, 0.25) is 0 Å². The summed E-state index contributed by atoms with van der Waals surface area (Å²) in [5, 5.41) is 3.77. The van der Waals surface area contributed by atoms with Crippen molar-refractivity contribution in [1.82, 2.24) is 15.3 Å². The number of aromatic nitrogens is 2. The number of benzene rings is 1. The highest BCUT2D eigenvalue weighted by molar-refractivity contribution is 7.98. The Labute approximate surface area is 160 Å². The van der Waals surface area contributed by atoms with Gasteiger partial charge in [-0.3, -0.25) is 4.79 Å². The molecule has 1 N–H and O–H groups in total. The molecule has 0 bridgehead atoms. The second-order valence-corrected chi connectivity index (χ2v) is 7.05. The Morgan fingerprint density at radius 3 is 2.46 bits per heavy atom. The molecule has 0 aliphatic heterocycles. The number of carbonyl (C=O) groups excluding carboxylic acids is 1. The van der Waals surface area contributed by atoms with Crippen LogP contribution in [0.15, 0.2) is 23.4 Å². The minimum Gasteiger partial charge on any atom is -0.496 e. The highest BCUT2D eigenvalue weighted by Crippen LogP contribution is 2.20. The number of aryl methyl sites for hydroxylation is 3. The van der Waals surface area contributed by atoms with Gasteiger partial charge in [0.1, 0.15) is 5.75 Å². The van der Waals surface area contributed by atoms with Crippen LogP contribution < -0.4 is 10.1 Å². The van der Waals surface area contributed by atoms with Gasteiger partial charge in [-0.05, 0) is 57.1 Å². The van der Waals surface area contributed by atoms with E-state index in [1.807, 2.05) is 32.2 Å². The van der Waals surface area contributed by atoms with E-state index in [1.165, 1.54) is 17.3 Å². The molecule has 0 radical (unpaired) electrons. The maximum absolute atomic E-state index is 12.2. The third-order valence-corrected chi connectivity index (χ3v) is 4.88. The average molecular weight is 374 g/mol. The standard InChI is InChI=1S/C20H27N3O2S/c1-13-6-8-18(25-4)16(12-13)10-11-21-19(24)9-7-17-14(2)22-20(26-5)23-15(17)3/h6,8,12H,7,9-11H2,1-5H3,(H,21,24). The molecule has 0 aliphatic carbocycles. The number of ether oxygens (including phenoxy) is 1. The molecule has 26 heavy (non-hydrogen) atoms. The third-order valence-electron chi connectivity index (χ3n) is 4.34. The van der Waals surface area contributed by atoms with Gasteiger partial charge in [0.2, 0.25) is 5.91 Å². The van der Waals surface area contributed by atoms with Crippen molar-refractivity contribution in [2.45, 2.75) is 45.2 Å². The zero-order valence-corrected chi connectivity index (χ0v) is 17.0. The van der Waals surface area contributed by atoms with E-state index in [0.717, 1.165) is 39.8 Å². The van der Waals surface area contributed by atoms with Crippen LogP contribution in [0.4, 0.5) is 0 Å². The van der Waals surface area contributed by atoms with Crippen LogP contribution in [0, 0.1) is 20.8 Å². The summed E-state index contributed by atoms with van der Waals surface area (Å²) in [4.78, 5) is 21.1. The average Bonchev–Trinajstić information content (AvgIpc) is 2.61. The van der Waals surface area contributed by atoms with Gasteiger partial charge in [0.05, 0.1) is 7.11 Å². The van der Waals surface area contributed by atoms with E-state index >= 15 is 0 Å². The van der Waals surface area contributed by atoms with Crippen molar-refractivity contribution in [3.05, 3.63) is 46.3 Å². The first-order chi connectivity index (χ1) is 12.4. The van der Waals surface area contributed by atoms with Gasteiger partial charge in [-0.1, -0.05) is 29.5 Å². The normalized spacial score (nSPS) is 10.7. The Bertz CT molecular complexity index is 755. The fourth-order valence-corrected chi connectivity index (χ4v) is 3.38. The molecular formula is C20H27N3O2S. The van der Waals surface area contributed by atoms with Crippen LogP contribution in [0.3, 0.4) is 0 Å². The van der Waals surface area contributed by atoms with Gasteiger partial charge in [-0.15, -0.1) is 0 Å². The molecule has 2 aromatic rings. The van der Waals surface area contributed by atoms with Crippen LogP contribution in [-0.2, 0) is 17.6 Å². The molecule has 1 aromatic carbocycles. The number of methoxy groups -OCH3 is 1. The SMILES string of the molecule is COc1ccc(C)cc1CCNC(=O)CCc1c(C)nc(SC)nc1C. The highest BCUT2D eigenvalue weighted by Gasteiger charge is 2.11. The molecule has 1 amide bonds. The molecule has 0 saturated heterocycles. The molecule has 0 saturated carbocycles. The topological polar surface area (TPSA) is 64.1 Å². The number of rotatable bonds is 8. The van der Waals surface area contributed by atoms with Gasteiger partial charge in [0.15, 0.2) is 5.16 Å². The third kappa shape index (κ3) is 5.46. The Kier molecular flexibility index (Phi) is 7.45. The van der Waals surface area contributed by atoms with Gasteiger partial charge < -0.3 is 10.1 Å². The molecule has 0 unspecified atom stereocenters. The van der Waals surface area contributed by atoms with Crippen molar-refractivity contribution in [2.24, 2.45) is 0 Å². The minimum atomic E-state index is 0.0457. The van der Waals surface area contributed by atoms with Gasteiger partial charge in [0, 0.05) is 24.4 Å². The molecule has 0 aliphatic rings. The number of amides is 1. The molecule has 6 heteroatoms. The van der Waals surface area contributed by atoms with Gasteiger partial charge in [0.25, 0.3) is 0 Å². The van der Waals surface area contributed by atoms with Crippen LogP contribution in [0.5, 0.6) is 5.75 Å². The molecule has 0 atom stereocenters. The fraction of sp³-hybridized carbons (Fsp3) is 0.450. The van der Waals surface area contributed by atoms with E-state index in [4.69, 9.17) is 4.74 Å².